The first-order chi connectivity index (χ1) is 11.1. The molecule has 1 N–H and O–H groups in total. The summed E-state index contributed by atoms with van der Waals surface area (Å²) < 4.78 is 7.10. The summed E-state index contributed by atoms with van der Waals surface area (Å²) >= 11 is 0. The van der Waals surface area contributed by atoms with Crippen LogP contribution in [-0.2, 0) is 13.0 Å². The molecule has 23 heavy (non-hydrogen) atoms. The quantitative estimate of drug-likeness (QED) is 0.578. The minimum atomic E-state index is -0.459. The number of aromatic nitrogens is 1. The van der Waals surface area contributed by atoms with E-state index in [2.05, 4.69) is 0 Å². The van der Waals surface area contributed by atoms with Crippen molar-refractivity contribution in [2.75, 3.05) is 0 Å². The number of furan rings is 1. The predicted molar refractivity (Wildman–Crippen MR) is 89.7 cm³/mol. The Kier molecular flexibility index (Phi) is 2.75. The molecule has 0 bridgehead atoms. The standard InChI is InChI=1S/C18H15NO4/c1-3-11-12-13-14(17(21)19(11)4-2)15(20)9-7-5-6-8-10(9)16(13)23-18(12)22/h5-8,21H,3-4H2,1-2H3. The van der Waals surface area contributed by atoms with Crippen molar-refractivity contribution in [2.24, 2.45) is 0 Å². The molecule has 2 aromatic heterocycles. The number of benzene rings is 2. The number of hydrogen-bond acceptors (Lipinski definition) is 4. The van der Waals surface area contributed by atoms with E-state index in [4.69, 9.17) is 4.42 Å². The average molecular weight is 309 g/mol. The third-order valence-corrected chi connectivity index (χ3v) is 4.51. The van der Waals surface area contributed by atoms with Gasteiger partial charge in [0.25, 0.3) is 0 Å². The molecule has 2 heterocycles. The minimum Gasteiger partial charge on any atom is -0.494 e. The Bertz CT molecular complexity index is 1180. The Morgan fingerprint density at radius 2 is 1.74 bits per heavy atom. The van der Waals surface area contributed by atoms with E-state index in [1.54, 1.807) is 28.8 Å². The molecule has 0 radical (unpaired) electrons. The third-order valence-electron chi connectivity index (χ3n) is 4.51. The van der Waals surface area contributed by atoms with Crippen LogP contribution in [0.25, 0.3) is 32.5 Å². The van der Waals surface area contributed by atoms with Gasteiger partial charge >= 0.3 is 5.63 Å². The summed E-state index contributed by atoms with van der Waals surface area (Å²) in [5.74, 6) is -0.0987. The van der Waals surface area contributed by atoms with Gasteiger partial charge in [-0.25, -0.2) is 4.79 Å². The van der Waals surface area contributed by atoms with E-state index in [-0.39, 0.29) is 16.7 Å². The zero-order chi connectivity index (χ0) is 16.3. The van der Waals surface area contributed by atoms with E-state index < -0.39 is 5.63 Å². The van der Waals surface area contributed by atoms with Crippen molar-refractivity contribution < 1.29 is 9.52 Å². The highest BCUT2D eigenvalue weighted by atomic mass is 16.4. The van der Waals surface area contributed by atoms with E-state index in [0.29, 0.717) is 45.8 Å². The van der Waals surface area contributed by atoms with Crippen molar-refractivity contribution in [3.8, 4) is 5.88 Å². The molecule has 0 aliphatic heterocycles. The Morgan fingerprint density at radius 3 is 2.39 bits per heavy atom. The van der Waals surface area contributed by atoms with Gasteiger partial charge in [0, 0.05) is 23.0 Å². The maximum absolute atomic E-state index is 12.9. The summed E-state index contributed by atoms with van der Waals surface area (Å²) in [6.45, 7) is 4.24. The van der Waals surface area contributed by atoms with Crippen LogP contribution in [0.4, 0.5) is 0 Å². The first-order valence-electron chi connectivity index (χ1n) is 7.65. The molecule has 0 aliphatic carbocycles. The van der Waals surface area contributed by atoms with Crippen LogP contribution in [0.3, 0.4) is 0 Å². The highest BCUT2D eigenvalue weighted by Gasteiger charge is 2.25. The fourth-order valence-electron chi connectivity index (χ4n) is 3.55. The van der Waals surface area contributed by atoms with E-state index in [9.17, 15) is 14.7 Å². The molecule has 4 aromatic rings. The van der Waals surface area contributed by atoms with Crippen molar-refractivity contribution >= 4 is 32.5 Å². The number of nitrogens with zero attached hydrogens (tertiary/aromatic N) is 1. The van der Waals surface area contributed by atoms with Gasteiger partial charge in [0.2, 0.25) is 5.88 Å². The number of aromatic hydroxyl groups is 1. The summed E-state index contributed by atoms with van der Waals surface area (Å²) in [6.07, 6.45) is 0.558. The summed E-state index contributed by atoms with van der Waals surface area (Å²) in [6, 6.07) is 7.00. The molecule has 0 amide bonds. The van der Waals surface area contributed by atoms with Crippen molar-refractivity contribution in [3.05, 3.63) is 50.6 Å². The number of pyridine rings is 1. The van der Waals surface area contributed by atoms with Gasteiger partial charge in [-0.15, -0.1) is 0 Å². The minimum absolute atomic E-state index is 0.0987. The van der Waals surface area contributed by atoms with Crippen LogP contribution in [0, 0.1) is 0 Å². The SMILES string of the molecule is CCc1c2c(=O)oc3c4ccccc4c(=O)c(c(O)n1CC)c23. The Morgan fingerprint density at radius 1 is 1.04 bits per heavy atom. The Labute approximate surface area is 130 Å². The maximum Gasteiger partial charge on any atom is 0.346 e. The second kappa shape index (κ2) is 4.59. The smallest absolute Gasteiger partial charge is 0.346 e. The predicted octanol–water partition coefficient (Wildman–Crippen LogP) is 2.99. The Balaban J connectivity index is 2.49. The fourth-order valence-corrected chi connectivity index (χ4v) is 3.55. The third kappa shape index (κ3) is 1.56. The number of fused-ring (bicyclic) bond motifs is 2. The first kappa shape index (κ1) is 13.8. The summed E-state index contributed by atoms with van der Waals surface area (Å²) in [5.41, 5.74) is 0.334. The zero-order valence-corrected chi connectivity index (χ0v) is 12.8. The van der Waals surface area contributed by atoms with Crippen molar-refractivity contribution in [2.45, 2.75) is 26.8 Å². The second-order valence-corrected chi connectivity index (χ2v) is 5.59. The summed E-state index contributed by atoms with van der Waals surface area (Å²) in [4.78, 5) is 25.3. The Hall–Kier alpha value is -2.82. The lowest BCUT2D eigenvalue weighted by atomic mass is 10.00. The van der Waals surface area contributed by atoms with Crippen molar-refractivity contribution in [1.82, 2.24) is 4.57 Å². The van der Waals surface area contributed by atoms with Gasteiger partial charge in [0.1, 0.15) is 5.58 Å². The van der Waals surface area contributed by atoms with Crippen LogP contribution < -0.4 is 11.1 Å². The largest absolute Gasteiger partial charge is 0.494 e. The summed E-state index contributed by atoms with van der Waals surface area (Å²) in [7, 11) is 0. The molecule has 0 atom stereocenters. The van der Waals surface area contributed by atoms with Crippen LogP contribution in [0.5, 0.6) is 5.88 Å². The fraction of sp³-hybridized carbons (Fsp3) is 0.222. The van der Waals surface area contributed by atoms with Gasteiger partial charge < -0.3 is 14.1 Å². The molecular weight excluding hydrogens is 294 g/mol. The number of rotatable bonds is 2. The van der Waals surface area contributed by atoms with Crippen LogP contribution in [0.2, 0.25) is 0 Å². The van der Waals surface area contributed by atoms with Crippen molar-refractivity contribution in [3.63, 3.8) is 0 Å². The molecule has 0 unspecified atom stereocenters. The van der Waals surface area contributed by atoms with Crippen molar-refractivity contribution in [1.29, 1.82) is 0 Å². The molecule has 4 rings (SSSR count). The normalized spacial score (nSPS) is 11.9. The molecule has 0 saturated carbocycles. The molecule has 5 nitrogen and oxygen atoms in total. The number of aryl methyl sites for hydroxylation is 1. The van der Waals surface area contributed by atoms with Crippen LogP contribution in [0.15, 0.2) is 38.3 Å². The van der Waals surface area contributed by atoms with E-state index >= 15 is 0 Å². The van der Waals surface area contributed by atoms with Crippen LogP contribution in [0.1, 0.15) is 19.5 Å². The number of hydrogen-bond donors (Lipinski definition) is 1. The van der Waals surface area contributed by atoms with E-state index in [1.165, 1.54) is 0 Å². The highest BCUT2D eigenvalue weighted by Crippen LogP contribution is 2.36. The van der Waals surface area contributed by atoms with Crippen LogP contribution >= 0.6 is 0 Å². The van der Waals surface area contributed by atoms with Crippen LogP contribution in [-0.4, -0.2) is 9.67 Å². The maximum atomic E-state index is 12.9. The molecule has 0 spiro atoms. The molecule has 0 aliphatic rings. The lowest BCUT2D eigenvalue weighted by molar-refractivity contribution is 0.418. The average Bonchev–Trinajstić information content (AvgIpc) is 2.90. The van der Waals surface area contributed by atoms with Gasteiger partial charge in [0.15, 0.2) is 5.43 Å². The topological polar surface area (TPSA) is 72.4 Å². The van der Waals surface area contributed by atoms with E-state index in [1.807, 2.05) is 13.8 Å². The van der Waals surface area contributed by atoms with Gasteiger partial charge in [0.05, 0.1) is 16.2 Å². The molecule has 2 aromatic carbocycles. The van der Waals surface area contributed by atoms with E-state index in [0.717, 1.165) is 0 Å². The van der Waals surface area contributed by atoms with Gasteiger partial charge in [-0.05, 0) is 13.3 Å². The highest BCUT2D eigenvalue weighted by molar-refractivity contribution is 6.20. The zero-order valence-electron chi connectivity index (χ0n) is 12.8. The monoisotopic (exact) mass is 309 g/mol. The first-order valence-corrected chi connectivity index (χ1v) is 7.65. The molecule has 5 heteroatoms. The molecule has 116 valence electrons. The molecular formula is C18H15NO4. The molecule has 0 saturated heterocycles. The van der Waals surface area contributed by atoms with Gasteiger partial charge in [-0.3, -0.25) is 4.79 Å². The lowest BCUT2D eigenvalue weighted by Crippen LogP contribution is -2.12. The summed E-state index contributed by atoms with van der Waals surface area (Å²) in [5, 5.41) is 12.7. The molecule has 0 fully saturated rings. The van der Waals surface area contributed by atoms with Gasteiger partial charge in [-0.1, -0.05) is 31.2 Å². The van der Waals surface area contributed by atoms with Gasteiger partial charge in [-0.2, -0.15) is 0 Å². The second-order valence-electron chi connectivity index (χ2n) is 5.59. The lowest BCUT2D eigenvalue weighted by Gasteiger charge is -2.15.